The van der Waals surface area contributed by atoms with Gasteiger partial charge in [0.1, 0.15) is 0 Å². The summed E-state index contributed by atoms with van der Waals surface area (Å²) in [5.41, 5.74) is 18.7. The zero-order valence-electron chi connectivity index (χ0n) is 33.3. The number of fused-ring (bicyclic) bond motifs is 11. The molecule has 0 fully saturated rings. The summed E-state index contributed by atoms with van der Waals surface area (Å²) in [5.74, 6) is 0.175. The van der Waals surface area contributed by atoms with Crippen LogP contribution in [-0.4, -0.2) is 9.13 Å². The molecule has 1 atom stereocenters. The molecule has 0 spiro atoms. The largest absolute Gasteiger partial charge is 0.309 e. The van der Waals surface area contributed by atoms with E-state index in [-0.39, 0.29) is 5.92 Å². The molecular formula is C59H38N2. The van der Waals surface area contributed by atoms with E-state index >= 15 is 0 Å². The lowest BCUT2D eigenvalue weighted by atomic mass is 9.86. The summed E-state index contributed by atoms with van der Waals surface area (Å²) in [4.78, 5) is 0. The third-order valence-electron chi connectivity index (χ3n) is 13.2. The van der Waals surface area contributed by atoms with Crippen molar-refractivity contribution in [3.63, 3.8) is 0 Å². The van der Waals surface area contributed by atoms with Crippen molar-refractivity contribution in [3.8, 4) is 44.8 Å². The summed E-state index contributed by atoms with van der Waals surface area (Å²) in [6, 6.07) is 82.9. The summed E-state index contributed by atoms with van der Waals surface area (Å²) in [6.07, 6.45) is 0. The van der Waals surface area contributed by atoms with Crippen molar-refractivity contribution >= 4 is 54.4 Å². The quantitative estimate of drug-likeness (QED) is 0.165. The van der Waals surface area contributed by atoms with Crippen LogP contribution in [0.1, 0.15) is 22.6 Å². The standard InChI is InChI=1S/C59H38N2/c1-3-15-38(16-4-1)40-19-13-22-44(35-40)61-54-32-30-42(37-52(54)59-56(61)34-33-55-58(59)50-26-11-12-28-53(50)60(55)43-20-5-2-6-21-43)41-29-31-49-51(36-41)46-24-9-10-25-48(46)57(49)47-27-14-18-39-17-7-8-23-45(39)47/h1-37,57H. The van der Waals surface area contributed by atoms with Crippen molar-refractivity contribution < 1.29 is 0 Å². The predicted molar refractivity (Wildman–Crippen MR) is 256 cm³/mol. The van der Waals surface area contributed by atoms with E-state index in [0.717, 1.165) is 11.4 Å². The van der Waals surface area contributed by atoms with Gasteiger partial charge >= 0.3 is 0 Å². The number of para-hydroxylation sites is 2. The minimum Gasteiger partial charge on any atom is -0.309 e. The highest BCUT2D eigenvalue weighted by molar-refractivity contribution is 6.29. The Labute approximate surface area is 353 Å². The van der Waals surface area contributed by atoms with Gasteiger partial charge in [0.05, 0.1) is 22.1 Å². The van der Waals surface area contributed by atoms with Gasteiger partial charge in [0, 0.05) is 38.8 Å². The fraction of sp³-hybridized carbons (Fsp3) is 0.0169. The lowest BCUT2D eigenvalue weighted by Gasteiger charge is -2.17. The van der Waals surface area contributed by atoms with Gasteiger partial charge in [-0.1, -0.05) is 164 Å². The van der Waals surface area contributed by atoms with Crippen molar-refractivity contribution in [2.24, 2.45) is 0 Å². The number of hydrogen-bond acceptors (Lipinski definition) is 0. The zero-order chi connectivity index (χ0) is 40.0. The van der Waals surface area contributed by atoms with Gasteiger partial charge in [0.15, 0.2) is 0 Å². The van der Waals surface area contributed by atoms with Crippen molar-refractivity contribution in [3.05, 3.63) is 241 Å². The monoisotopic (exact) mass is 774 g/mol. The maximum absolute atomic E-state index is 2.47. The van der Waals surface area contributed by atoms with Gasteiger partial charge in [0.2, 0.25) is 0 Å². The minimum atomic E-state index is 0.175. The van der Waals surface area contributed by atoms with Crippen LogP contribution in [0.5, 0.6) is 0 Å². The molecule has 61 heavy (non-hydrogen) atoms. The summed E-state index contributed by atoms with van der Waals surface area (Å²) in [5, 5.41) is 7.64. The molecule has 13 rings (SSSR count). The van der Waals surface area contributed by atoms with Crippen LogP contribution in [0.4, 0.5) is 0 Å². The van der Waals surface area contributed by atoms with Crippen LogP contribution in [-0.2, 0) is 0 Å². The molecule has 284 valence electrons. The summed E-state index contributed by atoms with van der Waals surface area (Å²) >= 11 is 0. The molecule has 2 heterocycles. The third kappa shape index (κ3) is 5.09. The fourth-order valence-electron chi connectivity index (χ4n) is 10.6. The molecule has 10 aromatic carbocycles. The maximum Gasteiger partial charge on any atom is 0.0548 e. The van der Waals surface area contributed by atoms with E-state index in [0.29, 0.717) is 0 Å². The highest BCUT2D eigenvalue weighted by Gasteiger charge is 2.31. The van der Waals surface area contributed by atoms with Crippen LogP contribution in [0, 0.1) is 0 Å². The Kier molecular flexibility index (Phi) is 7.40. The van der Waals surface area contributed by atoms with Gasteiger partial charge in [-0.15, -0.1) is 0 Å². The van der Waals surface area contributed by atoms with E-state index in [9.17, 15) is 0 Å². The van der Waals surface area contributed by atoms with Gasteiger partial charge in [-0.05, 0) is 122 Å². The van der Waals surface area contributed by atoms with E-state index in [1.807, 2.05) is 0 Å². The number of rotatable bonds is 5. The van der Waals surface area contributed by atoms with Gasteiger partial charge in [0.25, 0.3) is 0 Å². The molecule has 0 amide bonds. The van der Waals surface area contributed by atoms with E-state index in [1.165, 1.54) is 104 Å². The first-order valence-electron chi connectivity index (χ1n) is 21.2. The van der Waals surface area contributed by atoms with Crippen molar-refractivity contribution in [1.29, 1.82) is 0 Å². The average molecular weight is 775 g/mol. The normalized spacial score (nSPS) is 13.4. The lowest BCUT2D eigenvalue weighted by Crippen LogP contribution is -2.00. The Morgan fingerprint density at radius 3 is 1.69 bits per heavy atom. The van der Waals surface area contributed by atoms with Crippen LogP contribution in [0.2, 0.25) is 0 Å². The smallest absolute Gasteiger partial charge is 0.0548 e. The van der Waals surface area contributed by atoms with Crippen molar-refractivity contribution in [2.45, 2.75) is 5.92 Å². The Morgan fingerprint density at radius 1 is 0.279 bits per heavy atom. The number of nitrogens with zero attached hydrogens (tertiary/aromatic N) is 2. The molecule has 2 heteroatoms. The van der Waals surface area contributed by atoms with Gasteiger partial charge in [-0.3, -0.25) is 0 Å². The number of hydrogen-bond donors (Lipinski definition) is 0. The molecule has 0 N–H and O–H groups in total. The first-order valence-corrected chi connectivity index (χ1v) is 21.2. The van der Waals surface area contributed by atoms with Gasteiger partial charge < -0.3 is 9.13 Å². The van der Waals surface area contributed by atoms with Crippen molar-refractivity contribution in [2.75, 3.05) is 0 Å². The molecule has 1 aliphatic carbocycles. The molecule has 0 saturated carbocycles. The Hall–Kier alpha value is -7.94. The second kappa shape index (κ2) is 13.3. The number of aromatic nitrogens is 2. The SMILES string of the molecule is c1ccc(-c2cccc(-n3c4ccc(-c5ccc6c(c5)-c5ccccc5C6c5cccc6ccccc56)cc4c4c5c6ccccc6n(-c6ccccc6)c5ccc43)c2)cc1. The third-order valence-corrected chi connectivity index (χ3v) is 13.2. The molecule has 0 radical (unpaired) electrons. The highest BCUT2D eigenvalue weighted by atomic mass is 15.0. The Morgan fingerprint density at radius 2 is 0.820 bits per heavy atom. The summed E-state index contributed by atoms with van der Waals surface area (Å²) < 4.78 is 4.90. The second-order valence-electron chi connectivity index (χ2n) is 16.4. The molecule has 2 aromatic heterocycles. The molecule has 0 bridgehead atoms. The van der Waals surface area contributed by atoms with Crippen LogP contribution in [0.15, 0.2) is 224 Å². The summed E-state index contributed by atoms with van der Waals surface area (Å²) in [7, 11) is 0. The first-order chi connectivity index (χ1) is 30.3. The Balaban J connectivity index is 1.06. The highest BCUT2D eigenvalue weighted by Crippen LogP contribution is 2.51. The van der Waals surface area contributed by atoms with Crippen LogP contribution >= 0.6 is 0 Å². The molecule has 1 aliphatic rings. The average Bonchev–Trinajstić information content (AvgIpc) is 3.97. The van der Waals surface area contributed by atoms with Crippen molar-refractivity contribution in [1.82, 2.24) is 9.13 Å². The Bertz CT molecular complexity index is 3690. The molecule has 12 aromatic rings. The first kappa shape index (κ1) is 34.0. The van der Waals surface area contributed by atoms with E-state index < -0.39 is 0 Å². The van der Waals surface area contributed by atoms with Gasteiger partial charge in [-0.2, -0.15) is 0 Å². The van der Waals surface area contributed by atoms with Gasteiger partial charge in [-0.25, -0.2) is 0 Å². The van der Waals surface area contributed by atoms with E-state index in [2.05, 4.69) is 234 Å². The van der Waals surface area contributed by atoms with Crippen LogP contribution in [0.3, 0.4) is 0 Å². The molecule has 2 nitrogen and oxygen atoms in total. The van der Waals surface area contributed by atoms with E-state index in [4.69, 9.17) is 0 Å². The fourth-order valence-corrected chi connectivity index (χ4v) is 10.6. The molecule has 1 unspecified atom stereocenters. The number of benzene rings is 10. The predicted octanol–water partition coefficient (Wildman–Crippen LogP) is 15.5. The molecule has 0 saturated heterocycles. The summed E-state index contributed by atoms with van der Waals surface area (Å²) in [6.45, 7) is 0. The molecular weight excluding hydrogens is 737 g/mol. The molecule has 0 aliphatic heterocycles. The van der Waals surface area contributed by atoms with Crippen LogP contribution < -0.4 is 0 Å². The van der Waals surface area contributed by atoms with Crippen LogP contribution in [0.25, 0.3) is 99.1 Å². The topological polar surface area (TPSA) is 9.86 Å². The lowest BCUT2D eigenvalue weighted by molar-refractivity contribution is 1.03. The second-order valence-corrected chi connectivity index (χ2v) is 16.4. The maximum atomic E-state index is 2.47. The van der Waals surface area contributed by atoms with E-state index in [1.54, 1.807) is 0 Å². The minimum absolute atomic E-state index is 0.175. The zero-order valence-corrected chi connectivity index (χ0v) is 33.3.